The number of methoxy groups -OCH3 is 1. The lowest BCUT2D eigenvalue weighted by molar-refractivity contribution is -0.136. The summed E-state index contributed by atoms with van der Waals surface area (Å²) in [5.41, 5.74) is 12.3. The Balaban J connectivity index is 2.70. The molecular weight excluding hydrogens is 246 g/mol. The number of carbonyl (C=O) groups excluding carboxylic acids is 2. The first-order valence-corrected chi connectivity index (χ1v) is 5.92. The summed E-state index contributed by atoms with van der Waals surface area (Å²) >= 11 is 0. The van der Waals surface area contributed by atoms with Gasteiger partial charge in [0.2, 0.25) is 11.8 Å². The summed E-state index contributed by atoms with van der Waals surface area (Å²) in [6.45, 7) is 0.536. The predicted molar refractivity (Wildman–Crippen MR) is 72.0 cm³/mol. The Labute approximate surface area is 112 Å². The van der Waals surface area contributed by atoms with Gasteiger partial charge in [-0.15, -0.1) is 0 Å². The van der Waals surface area contributed by atoms with Gasteiger partial charge in [-0.05, 0) is 17.7 Å². The Morgan fingerprint density at radius 2 is 1.89 bits per heavy atom. The van der Waals surface area contributed by atoms with Crippen molar-refractivity contribution in [1.29, 1.82) is 0 Å². The van der Waals surface area contributed by atoms with Gasteiger partial charge < -0.3 is 21.1 Å². The highest BCUT2D eigenvalue weighted by atomic mass is 16.5. The fourth-order valence-electron chi connectivity index (χ4n) is 1.61. The van der Waals surface area contributed by atoms with Crippen molar-refractivity contribution in [3.8, 4) is 0 Å². The molecule has 1 rings (SSSR count). The molecule has 0 unspecified atom stereocenters. The Morgan fingerprint density at radius 1 is 1.26 bits per heavy atom. The van der Waals surface area contributed by atoms with Gasteiger partial charge in [0, 0.05) is 19.3 Å². The maximum Gasteiger partial charge on any atom is 0.237 e. The van der Waals surface area contributed by atoms with Gasteiger partial charge in [-0.2, -0.15) is 0 Å². The summed E-state index contributed by atoms with van der Waals surface area (Å²) in [6, 6.07) is 7.12. The van der Waals surface area contributed by atoms with E-state index >= 15 is 0 Å². The first-order chi connectivity index (χ1) is 9.02. The third-order valence-corrected chi connectivity index (χ3v) is 2.57. The first-order valence-electron chi connectivity index (χ1n) is 5.92. The van der Waals surface area contributed by atoms with E-state index in [1.165, 1.54) is 12.0 Å². The second-order valence-electron chi connectivity index (χ2n) is 4.20. The number of amides is 2. The van der Waals surface area contributed by atoms with Crippen molar-refractivity contribution in [2.45, 2.75) is 13.0 Å². The number of benzene rings is 1. The lowest BCUT2D eigenvalue weighted by Crippen LogP contribution is -2.38. The molecule has 0 bridgehead atoms. The van der Waals surface area contributed by atoms with Gasteiger partial charge in [0.05, 0.1) is 19.6 Å². The summed E-state index contributed by atoms with van der Waals surface area (Å²) in [4.78, 5) is 24.3. The number of hydrogen-bond acceptors (Lipinski definition) is 4. The number of ether oxygens (including phenoxy) is 1. The van der Waals surface area contributed by atoms with Gasteiger partial charge in [-0.3, -0.25) is 9.59 Å². The SMILES string of the molecule is COCCC(=O)N(CC(N)=O)Cc1ccc(N)cc1. The quantitative estimate of drug-likeness (QED) is 0.684. The van der Waals surface area contributed by atoms with Crippen LogP contribution >= 0.6 is 0 Å². The fraction of sp³-hybridized carbons (Fsp3) is 0.385. The maximum absolute atomic E-state index is 11.9. The summed E-state index contributed by atoms with van der Waals surface area (Å²) < 4.78 is 4.85. The van der Waals surface area contributed by atoms with E-state index in [1.54, 1.807) is 12.1 Å². The van der Waals surface area contributed by atoms with Crippen LogP contribution in [0.1, 0.15) is 12.0 Å². The van der Waals surface area contributed by atoms with Crippen molar-refractivity contribution in [1.82, 2.24) is 4.90 Å². The van der Waals surface area contributed by atoms with E-state index in [1.807, 2.05) is 12.1 Å². The average Bonchev–Trinajstić information content (AvgIpc) is 2.37. The molecule has 4 N–H and O–H groups in total. The van der Waals surface area contributed by atoms with E-state index in [0.717, 1.165) is 5.56 Å². The minimum absolute atomic E-state index is 0.104. The number of anilines is 1. The van der Waals surface area contributed by atoms with E-state index in [4.69, 9.17) is 16.2 Å². The summed E-state index contributed by atoms with van der Waals surface area (Å²) in [5, 5.41) is 0. The van der Waals surface area contributed by atoms with E-state index < -0.39 is 5.91 Å². The molecule has 0 saturated heterocycles. The van der Waals surface area contributed by atoms with Gasteiger partial charge >= 0.3 is 0 Å². The zero-order valence-electron chi connectivity index (χ0n) is 11.0. The molecule has 1 aromatic carbocycles. The zero-order valence-corrected chi connectivity index (χ0v) is 11.0. The van der Waals surface area contributed by atoms with Crippen molar-refractivity contribution in [2.24, 2.45) is 5.73 Å². The van der Waals surface area contributed by atoms with Crippen LogP contribution in [0, 0.1) is 0 Å². The highest BCUT2D eigenvalue weighted by Gasteiger charge is 2.15. The summed E-state index contributed by atoms with van der Waals surface area (Å²) in [6.07, 6.45) is 0.221. The van der Waals surface area contributed by atoms with Crippen molar-refractivity contribution in [3.63, 3.8) is 0 Å². The van der Waals surface area contributed by atoms with Crippen molar-refractivity contribution in [3.05, 3.63) is 29.8 Å². The number of nitrogens with two attached hydrogens (primary N) is 2. The molecule has 0 aliphatic rings. The van der Waals surface area contributed by atoms with Crippen LogP contribution in [0.15, 0.2) is 24.3 Å². The van der Waals surface area contributed by atoms with Crippen LogP contribution in [0.5, 0.6) is 0 Å². The molecule has 0 aromatic heterocycles. The predicted octanol–water partition coefficient (Wildman–Crippen LogP) is 0.119. The Morgan fingerprint density at radius 3 is 2.42 bits per heavy atom. The van der Waals surface area contributed by atoms with Crippen LogP contribution in [0.25, 0.3) is 0 Å². The third kappa shape index (κ3) is 5.39. The smallest absolute Gasteiger partial charge is 0.237 e. The third-order valence-electron chi connectivity index (χ3n) is 2.57. The minimum atomic E-state index is -0.541. The summed E-state index contributed by atoms with van der Waals surface area (Å²) in [7, 11) is 1.52. The number of hydrogen-bond donors (Lipinski definition) is 2. The van der Waals surface area contributed by atoms with Crippen LogP contribution in [-0.2, 0) is 20.9 Å². The monoisotopic (exact) mass is 265 g/mol. The number of nitrogens with zero attached hydrogens (tertiary/aromatic N) is 1. The molecule has 0 radical (unpaired) electrons. The first kappa shape index (κ1) is 15.0. The van der Waals surface area contributed by atoms with E-state index in [2.05, 4.69) is 0 Å². The average molecular weight is 265 g/mol. The molecule has 0 fully saturated rings. The number of nitrogen functional groups attached to an aromatic ring is 1. The zero-order chi connectivity index (χ0) is 14.3. The second-order valence-corrected chi connectivity index (χ2v) is 4.20. The Kier molecular flexibility index (Phi) is 5.81. The maximum atomic E-state index is 11.9. The molecule has 0 heterocycles. The molecule has 19 heavy (non-hydrogen) atoms. The molecule has 0 spiro atoms. The molecule has 6 heteroatoms. The lowest BCUT2D eigenvalue weighted by Gasteiger charge is -2.21. The molecule has 2 amide bonds. The molecular formula is C13H19N3O3. The Bertz CT molecular complexity index is 431. The molecule has 104 valence electrons. The van der Waals surface area contributed by atoms with Crippen LogP contribution < -0.4 is 11.5 Å². The molecule has 6 nitrogen and oxygen atoms in total. The van der Waals surface area contributed by atoms with Crippen LogP contribution in [0.4, 0.5) is 5.69 Å². The van der Waals surface area contributed by atoms with Crippen LogP contribution in [0.2, 0.25) is 0 Å². The Hall–Kier alpha value is -2.08. The van der Waals surface area contributed by atoms with Crippen molar-refractivity contribution in [2.75, 3.05) is 26.0 Å². The van der Waals surface area contributed by atoms with Crippen LogP contribution in [0.3, 0.4) is 0 Å². The second kappa shape index (κ2) is 7.38. The minimum Gasteiger partial charge on any atom is -0.399 e. The van der Waals surface area contributed by atoms with E-state index in [0.29, 0.717) is 18.8 Å². The van der Waals surface area contributed by atoms with Crippen LogP contribution in [-0.4, -0.2) is 37.0 Å². The largest absolute Gasteiger partial charge is 0.399 e. The molecule has 0 aliphatic carbocycles. The summed E-state index contributed by atoms with van der Waals surface area (Å²) in [5.74, 6) is -0.710. The number of primary amides is 1. The van der Waals surface area contributed by atoms with Gasteiger partial charge in [0.1, 0.15) is 0 Å². The molecule has 0 atom stereocenters. The highest BCUT2D eigenvalue weighted by molar-refractivity contribution is 5.83. The number of rotatable bonds is 7. The topological polar surface area (TPSA) is 98.6 Å². The van der Waals surface area contributed by atoms with Gasteiger partial charge in [-0.1, -0.05) is 12.1 Å². The molecule has 0 saturated carbocycles. The highest BCUT2D eigenvalue weighted by Crippen LogP contribution is 2.09. The van der Waals surface area contributed by atoms with E-state index in [9.17, 15) is 9.59 Å². The normalized spacial score (nSPS) is 10.2. The van der Waals surface area contributed by atoms with Gasteiger partial charge in [-0.25, -0.2) is 0 Å². The molecule has 0 aliphatic heterocycles. The van der Waals surface area contributed by atoms with Gasteiger partial charge in [0.15, 0.2) is 0 Å². The molecule has 1 aromatic rings. The fourth-order valence-corrected chi connectivity index (χ4v) is 1.61. The lowest BCUT2D eigenvalue weighted by atomic mass is 10.2. The van der Waals surface area contributed by atoms with Gasteiger partial charge in [0.25, 0.3) is 0 Å². The van der Waals surface area contributed by atoms with Crippen molar-refractivity contribution < 1.29 is 14.3 Å². The van der Waals surface area contributed by atoms with E-state index in [-0.39, 0.29) is 18.9 Å². The number of carbonyl (C=O) groups is 2. The standard InChI is InChI=1S/C13H19N3O3/c1-19-7-6-13(18)16(9-12(15)17)8-10-2-4-11(14)5-3-10/h2-5H,6-9,14H2,1H3,(H2,15,17). The van der Waals surface area contributed by atoms with Crippen molar-refractivity contribution >= 4 is 17.5 Å².